The number of rotatable bonds is 5. The quantitative estimate of drug-likeness (QED) is 0.176. The summed E-state index contributed by atoms with van der Waals surface area (Å²) >= 11 is 0. The van der Waals surface area contributed by atoms with E-state index in [2.05, 4.69) is 108 Å². The van der Waals surface area contributed by atoms with Crippen LogP contribution in [0.15, 0.2) is 191 Å². The van der Waals surface area contributed by atoms with Crippen molar-refractivity contribution in [3.05, 3.63) is 182 Å². The van der Waals surface area contributed by atoms with Crippen LogP contribution >= 0.6 is 0 Å². The van der Waals surface area contributed by atoms with Crippen molar-refractivity contribution in [1.29, 1.82) is 0 Å². The van der Waals surface area contributed by atoms with Gasteiger partial charge in [0.2, 0.25) is 0 Å². The fraction of sp³-hybridized carbons (Fsp3) is 0. The molecule has 57 heavy (non-hydrogen) atoms. The van der Waals surface area contributed by atoms with Crippen LogP contribution in [0.5, 0.6) is 0 Å². The molecule has 12 aromatic rings. The van der Waals surface area contributed by atoms with Gasteiger partial charge in [0.05, 0.1) is 27.7 Å². The van der Waals surface area contributed by atoms with Crippen LogP contribution in [0, 0.1) is 0 Å². The summed E-state index contributed by atoms with van der Waals surface area (Å²) in [7, 11) is 0. The number of aromatic nitrogens is 4. The second-order valence-electron chi connectivity index (χ2n) is 14.4. The summed E-state index contributed by atoms with van der Waals surface area (Å²) < 4.78 is 15.3. The lowest BCUT2D eigenvalue weighted by Gasteiger charge is -2.10. The Kier molecular flexibility index (Phi) is 6.83. The van der Waals surface area contributed by atoms with Crippen LogP contribution in [-0.4, -0.2) is 19.5 Å². The number of furan rings is 2. The molecule has 0 unspecified atom stereocenters. The molecule has 0 amide bonds. The standard InChI is InChI=1S/C51H30N4O2/c1-3-13-31(14-4-1)49-52-50(32-15-5-2-6-16-32)54-51(53-49)38-20-11-19-36-40-30-34(26-28-45(40)57-48(36)38)33-25-27-42-39(29-33)35-17-7-9-21-41(35)55(42)43-22-12-24-46-47(43)37-18-8-10-23-44(37)56-46/h1-30H. The van der Waals surface area contributed by atoms with E-state index < -0.39 is 0 Å². The van der Waals surface area contributed by atoms with Gasteiger partial charge in [-0.2, -0.15) is 0 Å². The zero-order chi connectivity index (χ0) is 37.5. The molecule has 4 aromatic heterocycles. The molecule has 12 rings (SSSR count). The molecule has 0 saturated heterocycles. The van der Waals surface area contributed by atoms with Crippen molar-refractivity contribution in [1.82, 2.24) is 19.5 Å². The Bertz CT molecular complexity index is 3470. The van der Waals surface area contributed by atoms with Gasteiger partial charge in [0.1, 0.15) is 22.3 Å². The number of nitrogens with zero attached hydrogens (tertiary/aromatic N) is 4. The van der Waals surface area contributed by atoms with Gasteiger partial charge in [-0.05, 0) is 65.7 Å². The maximum atomic E-state index is 6.65. The Morgan fingerprint density at radius 2 is 0.930 bits per heavy atom. The minimum absolute atomic E-state index is 0.563. The summed E-state index contributed by atoms with van der Waals surface area (Å²) in [5.74, 6) is 1.79. The lowest BCUT2D eigenvalue weighted by atomic mass is 10.00. The zero-order valence-electron chi connectivity index (χ0n) is 30.4. The molecular weight excluding hydrogens is 701 g/mol. The third kappa shape index (κ3) is 4.94. The van der Waals surface area contributed by atoms with Gasteiger partial charge in [0.15, 0.2) is 17.5 Å². The third-order valence-corrected chi connectivity index (χ3v) is 11.1. The summed E-state index contributed by atoms with van der Waals surface area (Å²) in [5.41, 5.74) is 11.6. The Labute approximate surface area is 325 Å². The molecular formula is C51H30N4O2. The third-order valence-electron chi connectivity index (χ3n) is 11.1. The van der Waals surface area contributed by atoms with Crippen LogP contribution < -0.4 is 0 Å². The molecule has 0 atom stereocenters. The molecule has 6 heteroatoms. The largest absolute Gasteiger partial charge is 0.456 e. The monoisotopic (exact) mass is 730 g/mol. The van der Waals surface area contributed by atoms with Crippen molar-refractivity contribution in [2.45, 2.75) is 0 Å². The van der Waals surface area contributed by atoms with Crippen LogP contribution in [0.4, 0.5) is 0 Å². The van der Waals surface area contributed by atoms with Gasteiger partial charge in [-0.3, -0.25) is 0 Å². The van der Waals surface area contributed by atoms with E-state index >= 15 is 0 Å². The maximum Gasteiger partial charge on any atom is 0.167 e. The number of para-hydroxylation sites is 3. The van der Waals surface area contributed by atoms with Gasteiger partial charge >= 0.3 is 0 Å². The highest BCUT2D eigenvalue weighted by molar-refractivity contribution is 6.15. The molecule has 0 aliphatic carbocycles. The van der Waals surface area contributed by atoms with Crippen LogP contribution in [0.2, 0.25) is 0 Å². The SMILES string of the molecule is c1ccc(-c2nc(-c3ccccc3)nc(-c3cccc4c3oc3ccc(-c5ccc6c(c5)c5ccccc5n6-c5cccc6oc7ccccc7c56)cc34)n2)cc1. The second kappa shape index (κ2) is 12.3. The van der Waals surface area contributed by atoms with Crippen LogP contribution in [-0.2, 0) is 0 Å². The highest BCUT2D eigenvalue weighted by Gasteiger charge is 2.20. The van der Waals surface area contributed by atoms with Gasteiger partial charge in [-0.15, -0.1) is 0 Å². The first kappa shape index (κ1) is 31.5. The maximum absolute atomic E-state index is 6.65. The van der Waals surface area contributed by atoms with Gasteiger partial charge in [0, 0.05) is 38.1 Å². The van der Waals surface area contributed by atoms with Crippen molar-refractivity contribution in [2.75, 3.05) is 0 Å². The smallest absolute Gasteiger partial charge is 0.167 e. The van der Waals surface area contributed by atoms with Crippen LogP contribution in [0.25, 0.3) is 117 Å². The predicted octanol–water partition coefficient (Wildman–Crippen LogP) is 13.4. The minimum atomic E-state index is 0.563. The molecule has 0 radical (unpaired) electrons. The topological polar surface area (TPSA) is 69.9 Å². The predicted molar refractivity (Wildman–Crippen MR) is 230 cm³/mol. The first-order valence-electron chi connectivity index (χ1n) is 19.0. The lowest BCUT2D eigenvalue weighted by Crippen LogP contribution is -2.00. The summed E-state index contributed by atoms with van der Waals surface area (Å²) in [6.07, 6.45) is 0. The van der Waals surface area contributed by atoms with E-state index in [1.165, 1.54) is 10.8 Å². The molecule has 4 heterocycles. The van der Waals surface area contributed by atoms with Crippen molar-refractivity contribution in [3.8, 4) is 51.0 Å². The summed E-state index contributed by atoms with van der Waals surface area (Å²) in [6, 6.07) is 62.8. The summed E-state index contributed by atoms with van der Waals surface area (Å²) in [5, 5.41) is 6.64. The molecule has 0 aliphatic rings. The molecule has 0 aliphatic heterocycles. The number of hydrogen-bond donors (Lipinski definition) is 0. The number of fused-ring (bicyclic) bond motifs is 9. The lowest BCUT2D eigenvalue weighted by molar-refractivity contribution is 0.668. The molecule has 6 nitrogen and oxygen atoms in total. The molecule has 266 valence electrons. The van der Waals surface area contributed by atoms with Crippen LogP contribution in [0.1, 0.15) is 0 Å². The molecule has 8 aromatic carbocycles. The first-order valence-corrected chi connectivity index (χ1v) is 19.0. The van der Waals surface area contributed by atoms with E-state index in [1.54, 1.807) is 0 Å². The van der Waals surface area contributed by atoms with E-state index in [1.807, 2.05) is 78.9 Å². The fourth-order valence-electron chi connectivity index (χ4n) is 8.44. The minimum Gasteiger partial charge on any atom is -0.456 e. The molecule has 0 N–H and O–H groups in total. The van der Waals surface area contributed by atoms with Gasteiger partial charge < -0.3 is 13.4 Å². The number of benzene rings is 8. The number of hydrogen-bond acceptors (Lipinski definition) is 5. The van der Waals surface area contributed by atoms with Gasteiger partial charge in [-0.25, -0.2) is 15.0 Å². The highest BCUT2D eigenvalue weighted by Crippen LogP contribution is 2.41. The van der Waals surface area contributed by atoms with E-state index in [0.717, 1.165) is 88.4 Å². The average molecular weight is 731 g/mol. The first-order chi connectivity index (χ1) is 28.2. The van der Waals surface area contributed by atoms with Crippen molar-refractivity contribution in [2.24, 2.45) is 0 Å². The Morgan fingerprint density at radius 1 is 0.351 bits per heavy atom. The molecule has 0 saturated carbocycles. The molecule has 0 spiro atoms. The summed E-state index contributed by atoms with van der Waals surface area (Å²) in [6.45, 7) is 0. The van der Waals surface area contributed by atoms with E-state index in [4.69, 9.17) is 23.8 Å². The summed E-state index contributed by atoms with van der Waals surface area (Å²) in [4.78, 5) is 14.9. The van der Waals surface area contributed by atoms with E-state index in [-0.39, 0.29) is 0 Å². The van der Waals surface area contributed by atoms with Crippen molar-refractivity contribution in [3.63, 3.8) is 0 Å². The Hall–Kier alpha value is -7.83. The van der Waals surface area contributed by atoms with Gasteiger partial charge in [-0.1, -0.05) is 127 Å². The average Bonchev–Trinajstić information content (AvgIpc) is 3.96. The second-order valence-corrected chi connectivity index (χ2v) is 14.4. The van der Waals surface area contributed by atoms with Gasteiger partial charge in [0.25, 0.3) is 0 Å². The Balaban J connectivity index is 1.01. The fourth-order valence-corrected chi connectivity index (χ4v) is 8.44. The van der Waals surface area contributed by atoms with Crippen LogP contribution in [0.3, 0.4) is 0 Å². The Morgan fingerprint density at radius 3 is 1.72 bits per heavy atom. The van der Waals surface area contributed by atoms with Crippen molar-refractivity contribution >= 4 is 65.7 Å². The normalized spacial score (nSPS) is 11.9. The van der Waals surface area contributed by atoms with Crippen molar-refractivity contribution < 1.29 is 8.83 Å². The molecule has 0 fully saturated rings. The van der Waals surface area contributed by atoms with E-state index in [0.29, 0.717) is 17.5 Å². The highest BCUT2D eigenvalue weighted by atomic mass is 16.3. The molecule has 0 bridgehead atoms. The zero-order valence-corrected chi connectivity index (χ0v) is 30.4. The van der Waals surface area contributed by atoms with E-state index in [9.17, 15) is 0 Å².